The second kappa shape index (κ2) is 11.0. The number of ether oxygens (including phenoxy) is 2. The van der Waals surface area contributed by atoms with Gasteiger partial charge in [0.2, 0.25) is 5.95 Å². The molecule has 0 unspecified atom stereocenters. The molecule has 0 radical (unpaired) electrons. The molecule has 0 aliphatic carbocycles. The molecule has 30 heavy (non-hydrogen) atoms. The van der Waals surface area contributed by atoms with E-state index in [1.165, 1.54) is 31.2 Å². The standard InChI is InChI=1S/C19H24N4O7/c1-4-28-16(29-5-2)11-10-15-17(13-6-8-14(9-7-13)23(26)27)20-19(21-18(15)25)22-30-12(3)24/h6-9,16H,4-5,10-11H2,1-3H3,(H2,20,21,22,25). The van der Waals surface area contributed by atoms with Crippen molar-refractivity contribution in [2.45, 2.75) is 39.9 Å². The number of nitro benzene ring substituents is 1. The number of nitro groups is 1. The van der Waals surface area contributed by atoms with Crippen LogP contribution in [0.3, 0.4) is 0 Å². The summed E-state index contributed by atoms with van der Waals surface area (Å²) in [5.74, 6) is -0.687. The highest BCUT2D eigenvalue weighted by molar-refractivity contribution is 5.67. The average Bonchev–Trinajstić information content (AvgIpc) is 2.71. The lowest BCUT2D eigenvalue weighted by atomic mass is 10.0. The molecule has 2 aromatic rings. The number of nitrogens with one attached hydrogen (secondary N) is 2. The fraction of sp³-hybridized carbons (Fsp3) is 0.421. The fourth-order valence-corrected chi connectivity index (χ4v) is 2.73. The van der Waals surface area contributed by atoms with E-state index in [9.17, 15) is 19.7 Å². The summed E-state index contributed by atoms with van der Waals surface area (Å²) in [6.07, 6.45) is 0.207. The number of aromatic nitrogens is 2. The molecule has 162 valence electrons. The van der Waals surface area contributed by atoms with Crippen LogP contribution in [0, 0.1) is 10.1 Å². The highest BCUT2D eigenvalue weighted by Crippen LogP contribution is 2.24. The van der Waals surface area contributed by atoms with E-state index < -0.39 is 22.7 Å². The Morgan fingerprint density at radius 3 is 2.40 bits per heavy atom. The van der Waals surface area contributed by atoms with Crippen molar-refractivity contribution in [1.29, 1.82) is 0 Å². The predicted octanol–water partition coefficient (Wildman–Crippen LogP) is 2.57. The number of non-ortho nitro benzene ring substituents is 1. The molecule has 1 aromatic carbocycles. The molecule has 0 aliphatic heterocycles. The topological polar surface area (TPSA) is 146 Å². The van der Waals surface area contributed by atoms with Gasteiger partial charge in [-0.05, 0) is 32.4 Å². The number of rotatable bonds is 11. The maximum atomic E-state index is 12.7. The zero-order valence-corrected chi connectivity index (χ0v) is 17.0. The number of aromatic amines is 1. The maximum absolute atomic E-state index is 12.7. The lowest BCUT2D eigenvalue weighted by molar-refractivity contribution is -0.384. The number of carbonyl (C=O) groups is 1. The van der Waals surface area contributed by atoms with Crippen LogP contribution < -0.4 is 11.0 Å². The molecule has 0 amide bonds. The average molecular weight is 420 g/mol. The third kappa shape index (κ3) is 6.36. The minimum absolute atomic E-state index is 0.0709. The summed E-state index contributed by atoms with van der Waals surface area (Å²) in [6.45, 7) is 5.80. The lowest BCUT2D eigenvalue weighted by Crippen LogP contribution is -2.23. The van der Waals surface area contributed by atoms with Crippen molar-refractivity contribution in [3.63, 3.8) is 0 Å². The van der Waals surface area contributed by atoms with E-state index >= 15 is 0 Å². The molecule has 0 fully saturated rings. The van der Waals surface area contributed by atoms with Crippen molar-refractivity contribution in [3.05, 3.63) is 50.3 Å². The van der Waals surface area contributed by atoms with Crippen LogP contribution in [0.15, 0.2) is 29.1 Å². The molecular weight excluding hydrogens is 396 g/mol. The van der Waals surface area contributed by atoms with Gasteiger partial charge in [0.05, 0.1) is 10.6 Å². The van der Waals surface area contributed by atoms with E-state index in [-0.39, 0.29) is 18.1 Å². The molecule has 0 saturated carbocycles. The van der Waals surface area contributed by atoms with Gasteiger partial charge >= 0.3 is 5.97 Å². The Hall–Kier alpha value is -3.31. The fourth-order valence-electron chi connectivity index (χ4n) is 2.73. The second-order valence-electron chi connectivity index (χ2n) is 6.12. The summed E-state index contributed by atoms with van der Waals surface area (Å²) in [7, 11) is 0. The van der Waals surface area contributed by atoms with Crippen LogP contribution >= 0.6 is 0 Å². The molecule has 11 nitrogen and oxygen atoms in total. The summed E-state index contributed by atoms with van der Waals surface area (Å²) in [5, 5.41) is 10.9. The predicted molar refractivity (Wildman–Crippen MR) is 108 cm³/mol. The molecule has 1 aromatic heterocycles. The van der Waals surface area contributed by atoms with Gasteiger partial charge in [0.25, 0.3) is 11.2 Å². The third-order valence-corrected chi connectivity index (χ3v) is 3.99. The Morgan fingerprint density at radius 2 is 1.87 bits per heavy atom. The highest BCUT2D eigenvalue weighted by Gasteiger charge is 2.18. The maximum Gasteiger partial charge on any atom is 0.329 e. The van der Waals surface area contributed by atoms with Crippen molar-refractivity contribution in [3.8, 4) is 11.3 Å². The summed E-state index contributed by atoms with van der Waals surface area (Å²) < 4.78 is 11.0. The van der Waals surface area contributed by atoms with Crippen molar-refractivity contribution >= 4 is 17.6 Å². The Bertz CT molecular complexity index is 921. The molecule has 0 saturated heterocycles. The van der Waals surface area contributed by atoms with E-state index in [1.807, 2.05) is 13.8 Å². The number of H-pyrrole nitrogens is 1. The number of hydrogen-bond acceptors (Lipinski definition) is 9. The van der Waals surface area contributed by atoms with E-state index in [0.717, 1.165) is 0 Å². The van der Waals surface area contributed by atoms with E-state index in [2.05, 4.69) is 20.3 Å². The first-order valence-corrected chi connectivity index (χ1v) is 9.40. The second-order valence-corrected chi connectivity index (χ2v) is 6.12. The van der Waals surface area contributed by atoms with Gasteiger partial charge in [-0.2, -0.15) is 5.48 Å². The summed E-state index contributed by atoms with van der Waals surface area (Å²) in [4.78, 5) is 45.7. The minimum Gasteiger partial charge on any atom is -0.353 e. The van der Waals surface area contributed by atoms with Crippen molar-refractivity contribution < 1.29 is 24.0 Å². The number of hydrogen-bond donors (Lipinski definition) is 2. The first-order chi connectivity index (χ1) is 14.3. The van der Waals surface area contributed by atoms with Crippen LogP contribution in [0.2, 0.25) is 0 Å². The van der Waals surface area contributed by atoms with Gasteiger partial charge < -0.3 is 14.3 Å². The molecule has 2 rings (SSSR count). The zero-order valence-electron chi connectivity index (χ0n) is 17.0. The smallest absolute Gasteiger partial charge is 0.329 e. The molecule has 1 heterocycles. The van der Waals surface area contributed by atoms with E-state index in [4.69, 9.17) is 9.47 Å². The Kier molecular flexibility index (Phi) is 8.44. The van der Waals surface area contributed by atoms with Crippen molar-refractivity contribution in [2.75, 3.05) is 18.7 Å². The van der Waals surface area contributed by atoms with Gasteiger partial charge in [-0.1, -0.05) is 0 Å². The van der Waals surface area contributed by atoms with Crippen LogP contribution in [0.4, 0.5) is 11.6 Å². The van der Waals surface area contributed by atoms with Crippen LogP contribution in [-0.2, 0) is 25.5 Å². The number of benzene rings is 1. The molecule has 11 heteroatoms. The van der Waals surface area contributed by atoms with Gasteiger partial charge in [-0.3, -0.25) is 24.7 Å². The van der Waals surface area contributed by atoms with E-state index in [1.54, 1.807) is 0 Å². The largest absolute Gasteiger partial charge is 0.353 e. The van der Waals surface area contributed by atoms with Crippen LogP contribution in [0.1, 0.15) is 32.8 Å². The number of anilines is 1. The first-order valence-electron chi connectivity index (χ1n) is 9.40. The highest BCUT2D eigenvalue weighted by atomic mass is 16.7. The molecule has 0 spiro atoms. The summed E-state index contributed by atoms with van der Waals surface area (Å²) >= 11 is 0. The normalized spacial score (nSPS) is 10.8. The Labute approximate surface area is 172 Å². The molecule has 2 N–H and O–H groups in total. The zero-order chi connectivity index (χ0) is 22.1. The van der Waals surface area contributed by atoms with Crippen molar-refractivity contribution in [1.82, 2.24) is 9.97 Å². The Morgan fingerprint density at radius 1 is 1.23 bits per heavy atom. The third-order valence-electron chi connectivity index (χ3n) is 3.99. The number of nitrogens with zero attached hydrogens (tertiary/aromatic N) is 2. The lowest BCUT2D eigenvalue weighted by Gasteiger charge is -2.17. The van der Waals surface area contributed by atoms with Crippen molar-refractivity contribution in [2.24, 2.45) is 0 Å². The first kappa shape index (κ1) is 23.0. The molecule has 0 atom stereocenters. The van der Waals surface area contributed by atoms with Gasteiger partial charge in [0, 0.05) is 49.8 Å². The minimum atomic E-state index is -0.616. The van der Waals surface area contributed by atoms with Gasteiger partial charge in [0.1, 0.15) is 0 Å². The van der Waals surface area contributed by atoms with Crippen LogP contribution in [0.5, 0.6) is 0 Å². The monoisotopic (exact) mass is 420 g/mol. The van der Waals surface area contributed by atoms with Gasteiger partial charge in [0.15, 0.2) is 6.29 Å². The summed E-state index contributed by atoms with van der Waals surface area (Å²) in [5.41, 5.74) is 2.90. The SMILES string of the molecule is CCOC(CCc1c(-c2ccc([N+](=O)[O-])cc2)nc(NOC(C)=O)[nH]c1=O)OCC. The summed E-state index contributed by atoms with van der Waals surface area (Å²) in [6, 6.07) is 5.65. The Balaban J connectivity index is 2.41. The number of carbonyl (C=O) groups excluding carboxylic acids is 1. The van der Waals surface area contributed by atoms with Gasteiger partial charge in [-0.25, -0.2) is 4.98 Å². The van der Waals surface area contributed by atoms with Crippen LogP contribution in [-0.4, -0.2) is 40.4 Å². The molecule has 0 bridgehead atoms. The van der Waals surface area contributed by atoms with E-state index in [0.29, 0.717) is 36.5 Å². The van der Waals surface area contributed by atoms with Gasteiger partial charge in [-0.15, -0.1) is 0 Å². The molecular formula is C19H24N4O7. The van der Waals surface area contributed by atoms with Crippen LogP contribution in [0.25, 0.3) is 11.3 Å². The quantitative estimate of drug-likeness (QED) is 0.318. The molecule has 0 aliphatic rings.